The molecule has 1 aromatic heterocycles. The number of aromatic amines is 1. The molecule has 19 heavy (non-hydrogen) atoms. The lowest BCUT2D eigenvalue weighted by Crippen LogP contribution is -1.92. The first-order valence-electron chi connectivity index (χ1n) is 6.47. The molecule has 0 aliphatic heterocycles. The van der Waals surface area contributed by atoms with Crippen molar-refractivity contribution in [2.24, 2.45) is 0 Å². The van der Waals surface area contributed by atoms with Gasteiger partial charge in [-0.05, 0) is 30.5 Å². The lowest BCUT2D eigenvalue weighted by molar-refractivity contribution is 1.05. The fourth-order valence-electron chi connectivity index (χ4n) is 2.30. The molecule has 0 unspecified atom stereocenters. The third-order valence-corrected chi connectivity index (χ3v) is 3.24. The van der Waals surface area contributed by atoms with Crippen LogP contribution in [0.2, 0.25) is 0 Å². The predicted octanol–water partition coefficient (Wildman–Crippen LogP) is 3.98. The highest BCUT2D eigenvalue weighted by atomic mass is 15.1. The van der Waals surface area contributed by atoms with E-state index in [0.29, 0.717) is 0 Å². The van der Waals surface area contributed by atoms with E-state index in [-0.39, 0.29) is 0 Å². The number of rotatable bonds is 3. The van der Waals surface area contributed by atoms with Crippen LogP contribution in [-0.2, 0) is 6.42 Å². The van der Waals surface area contributed by atoms with E-state index in [1.807, 2.05) is 13.0 Å². The SMILES string of the molecule is Cc1cc(-c2ccccc2Cc2ccccc2)n[nH]1. The highest BCUT2D eigenvalue weighted by Crippen LogP contribution is 2.24. The van der Waals surface area contributed by atoms with Gasteiger partial charge in [0.2, 0.25) is 0 Å². The van der Waals surface area contributed by atoms with Gasteiger partial charge in [0, 0.05) is 11.3 Å². The van der Waals surface area contributed by atoms with Gasteiger partial charge in [-0.25, -0.2) is 0 Å². The Morgan fingerprint density at radius 1 is 0.947 bits per heavy atom. The van der Waals surface area contributed by atoms with Crippen LogP contribution in [0.25, 0.3) is 11.3 Å². The van der Waals surface area contributed by atoms with Crippen molar-refractivity contribution < 1.29 is 0 Å². The first-order chi connectivity index (χ1) is 9.33. The Morgan fingerprint density at radius 2 is 1.68 bits per heavy atom. The summed E-state index contributed by atoms with van der Waals surface area (Å²) >= 11 is 0. The van der Waals surface area contributed by atoms with Crippen molar-refractivity contribution in [3.8, 4) is 11.3 Å². The number of aromatic nitrogens is 2. The van der Waals surface area contributed by atoms with Crippen molar-refractivity contribution in [3.63, 3.8) is 0 Å². The van der Waals surface area contributed by atoms with Crippen LogP contribution in [0.3, 0.4) is 0 Å². The van der Waals surface area contributed by atoms with Gasteiger partial charge in [-0.2, -0.15) is 5.10 Å². The van der Waals surface area contributed by atoms with Crippen LogP contribution in [0.15, 0.2) is 60.7 Å². The number of hydrogen-bond acceptors (Lipinski definition) is 1. The molecule has 2 heteroatoms. The molecule has 3 rings (SSSR count). The van der Waals surface area contributed by atoms with Crippen molar-refractivity contribution in [2.75, 3.05) is 0 Å². The van der Waals surface area contributed by atoms with E-state index in [1.165, 1.54) is 16.7 Å². The highest BCUT2D eigenvalue weighted by molar-refractivity contribution is 5.64. The average Bonchev–Trinajstić information content (AvgIpc) is 2.87. The topological polar surface area (TPSA) is 28.7 Å². The molecule has 0 aliphatic rings. The Balaban J connectivity index is 1.98. The van der Waals surface area contributed by atoms with E-state index in [9.17, 15) is 0 Å². The second kappa shape index (κ2) is 5.11. The minimum absolute atomic E-state index is 0.933. The van der Waals surface area contributed by atoms with Gasteiger partial charge < -0.3 is 0 Å². The summed E-state index contributed by atoms with van der Waals surface area (Å²) < 4.78 is 0. The molecular formula is C17H16N2. The zero-order valence-electron chi connectivity index (χ0n) is 10.9. The van der Waals surface area contributed by atoms with Gasteiger partial charge >= 0.3 is 0 Å². The van der Waals surface area contributed by atoms with Crippen molar-refractivity contribution in [2.45, 2.75) is 13.3 Å². The number of benzene rings is 2. The third kappa shape index (κ3) is 2.58. The third-order valence-electron chi connectivity index (χ3n) is 3.24. The number of aryl methyl sites for hydroxylation is 1. The zero-order chi connectivity index (χ0) is 13.1. The molecule has 0 radical (unpaired) electrons. The first-order valence-corrected chi connectivity index (χ1v) is 6.47. The van der Waals surface area contributed by atoms with E-state index in [0.717, 1.165) is 17.8 Å². The second-order valence-electron chi connectivity index (χ2n) is 4.76. The Labute approximate surface area is 113 Å². The van der Waals surface area contributed by atoms with Gasteiger partial charge in [0.25, 0.3) is 0 Å². The molecule has 94 valence electrons. The molecule has 2 aromatic carbocycles. The molecule has 2 nitrogen and oxygen atoms in total. The van der Waals surface area contributed by atoms with E-state index in [2.05, 4.69) is 64.8 Å². The highest BCUT2D eigenvalue weighted by Gasteiger charge is 2.07. The molecule has 0 spiro atoms. The first kappa shape index (κ1) is 11.7. The van der Waals surface area contributed by atoms with E-state index in [1.54, 1.807) is 0 Å². The lowest BCUT2D eigenvalue weighted by atomic mass is 9.98. The quantitative estimate of drug-likeness (QED) is 0.746. The summed E-state index contributed by atoms with van der Waals surface area (Å²) in [5.41, 5.74) is 5.94. The molecule has 0 fully saturated rings. The van der Waals surface area contributed by atoms with Crippen LogP contribution in [-0.4, -0.2) is 10.2 Å². The van der Waals surface area contributed by atoms with E-state index in [4.69, 9.17) is 0 Å². The molecule has 0 aliphatic carbocycles. The monoisotopic (exact) mass is 248 g/mol. The summed E-state index contributed by atoms with van der Waals surface area (Å²) in [6.07, 6.45) is 0.933. The van der Waals surface area contributed by atoms with Crippen LogP contribution >= 0.6 is 0 Å². The summed E-state index contributed by atoms with van der Waals surface area (Å²) in [6, 6.07) is 21.1. The van der Waals surface area contributed by atoms with Gasteiger partial charge in [-0.1, -0.05) is 54.6 Å². The van der Waals surface area contributed by atoms with Crippen LogP contribution in [0.5, 0.6) is 0 Å². The Hall–Kier alpha value is -2.35. The fraction of sp³-hybridized carbons (Fsp3) is 0.118. The number of hydrogen-bond donors (Lipinski definition) is 1. The summed E-state index contributed by atoms with van der Waals surface area (Å²) in [7, 11) is 0. The van der Waals surface area contributed by atoms with Gasteiger partial charge in [-0.15, -0.1) is 0 Å². The van der Waals surface area contributed by atoms with E-state index < -0.39 is 0 Å². The van der Waals surface area contributed by atoms with Gasteiger partial charge in [0.15, 0.2) is 0 Å². The normalized spacial score (nSPS) is 10.6. The molecule has 0 amide bonds. The van der Waals surface area contributed by atoms with Crippen molar-refractivity contribution in [1.29, 1.82) is 0 Å². The van der Waals surface area contributed by atoms with Crippen molar-refractivity contribution in [1.82, 2.24) is 10.2 Å². The zero-order valence-corrected chi connectivity index (χ0v) is 10.9. The molecule has 0 saturated heterocycles. The maximum Gasteiger partial charge on any atom is 0.0926 e. The van der Waals surface area contributed by atoms with Crippen molar-refractivity contribution >= 4 is 0 Å². The molecule has 1 N–H and O–H groups in total. The molecular weight excluding hydrogens is 232 g/mol. The summed E-state index contributed by atoms with van der Waals surface area (Å²) in [6.45, 7) is 2.02. The maximum absolute atomic E-state index is 4.36. The fourth-order valence-corrected chi connectivity index (χ4v) is 2.30. The van der Waals surface area contributed by atoms with Crippen molar-refractivity contribution in [3.05, 3.63) is 77.5 Å². The average molecular weight is 248 g/mol. The lowest BCUT2D eigenvalue weighted by Gasteiger charge is -2.07. The van der Waals surface area contributed by atoms with Gasteiger partial charge in [-0.3, -0.25) is 5.10 Å². The van der Waals surface area contributed by atoms with Crippen LogP contribution in [0, 0.1) is 6.92 Å². The Bertz CT molecular complexity index is 668. The molecule has 0 saturated carbocycles. The minimum Gasteiger partial charge on any atom is -0.282 e. The maximum atomic E-state index is 4.36. The van der Waals surface area contributed by atoms with E-state index >= 15 is 0 Å². The number of nitrogens with zero attached hydrogens (tertiary/aromatic N) is 1. The minimum atomic E-state index is 0.933. The molecule has 3 aromatic rings. The Kier molecular flexibility index (Phi) is 3.15. The summed E-state index contributed by atoms with van der Waals surface area (Å²) in [5.74, 6) is 0. The number of H-pyrrole nitrogens is 1. The molecule has 1 heterocycles. The second-order valence-corrected chi connectivity index (χ2v) is 4.76. The number of nitrogens with one attached hydrogen (secondary N) is 1. The molecule has 0 atom stereocenters. The summed E-state index contributed by atoms with van der Waals surface area (Å²) in [5, 5.41) is 7.37. The smallest absolute Gasteiger partial charge is 0.0926 e. The largest absolute Gasteiger partial charge is 0.282 e. The van der Waals surface area contributed by atoms with Gasteiger partial charge in [0.1, 0.15) is 0 Å². The molecule has 0 bridgehead atoms. The Morgan fingerprint density at radius 3 is 2.42 bits per heavy atom. The standard InChI is InChI=1S/C17H16N2/c1-13-11-17(19-18-13)16-10-6-5-9-15(16)12-14-7-3-2-4-8-14/h2-11H,12H2,1H3,(H,18,19). The van der Waals surface area contributed by atoms with Crippen LogP contribution in [0.1, 0.15) is 16.8 Å². The summed E-state index contributed by atoms with van der Waals surface area (Å²) in [4.78, 5) is 0. The van der Waals surface area contributed by atoms with Crippen LogP contribution in [0.4, 0.5) is 0 Å². The van der Waals surface area contributed by atoms with Gasteiger partial charge in [0.05, 0.1) is 5.69 Å². The predicted molar refractivity (Wildman–Crippen MR) is 78.0 cm³/mol. The van der Waals surface area contributed by atoms with Crippen LogP contribution < -0.4 is 0 Å².